The van der Waals surface area contributed by atoms with E-state index in [0.717, 1.165) is 25.6 Å². The van der Waals surface area contributed by atoms with Crippen LogP contribution in [0.5, 0.6) is 0 Å². The third kappa shape index (κ3) is 2.62. The van der Waals surface area contributed by atoms with E-state index in [1.165, 1.54) is 25.7 Å². The van der Waals surface area contributed by atoms with Gasteiger partial charge in [-0.3, -0.25) is 4.90 Å². The van der Waals surface area contributed by atoms with Gasteiger partial charge < -0.3 is 10.6 Å². The molecule has 0 aromatic heterocycles. The van der Waals surface area contributed by atoms with Gasteiger partial charge in [0.2, 0.25) is 0 Å². The standard InChI is InChI=1S/C11H21N3O/c1-12-11(15)13-9-6-7-14(8-9)10-4-2-3-5-10/h9-10H,2-8H2,1H3,(H2,12,13,15)/t9-/m1/s1. The second-order valence-electron chi connectivity index (χ2n) is 4.64. The fraction of sp³-hybridized carbons (Fsp3) is 0.909. The van der Waals surface area contributed by atoms with E-state index in [-0.39, 0.29) is 6.03 Å². The van der Waals surface area contributed by atoms with E-state index in [0.29, 0.717) is 6.04 Å². The van der Waals surface area contributed by atoms with Crippen LogP contribution < -0.4 is 10.6 Å². The van der Waals surface area contributed by atoms with E-state index in [1.54, 1.807) is 7.05 Å². The average Bonchev–Trinajstić information content (AvgIpc) is 2.85. The number of rotatable bonds is 2. The first-order valence-corrected chi connectivity index (χ1v) is 6.02. The Hall–Kier alpha value is -0.770. The molecular weight excluding hydrogens is 190 g/mol. The molecule has 0 unspecified atom stereocenters. The smallest absolute Gasteiger partial charge is 0.314 e. The van der Waals surface area contributed by atoms with E-state index < -0.39 is 0 Å². The maximum absolute atomic E-state index is 11.2. The molecule has 86 valence electrons. The summed E-state index contributed by atoms with van der Waals surface area (Å²) in [5.74, 6) is 0. The maximum Gasteiger partial charge on any atom is 0.314 e. The summed E-state index contributed by atoms with van der Waals surface area (Å²) in [6.07, 6.45) is 6.58. The summed E-state index contributed by atoms with van der Waals surface area (Å²) in [6.45, 7) is 2.19. The molecule has 2 fully saturated rings. The van der Waals surface area contributed by atoms with E-state index >= 15 is 0 Å². The molecule has 2 N–H and O–H groups in total. The van der Waals surface area contributed by atoms with Gasteiger partial charge in [0, 0.05) is 32.2 Å². The Bertz CT molecular complexity index is 226. The minimum absolute atomic E-state index is 0.0479. The number of carbonyl (C=O) groups excluding carboxylic acids is 1. The number of urea groups is 1. The van der Waals surface area contributed by atoms with E-state index in [2.05, 4.69) is 15.5 Å². The highest BCUT2D eigenvalue weighted by molar-refractivity contribution is 5.73. The van der Waals surface area contributed by atoms with Crippen molar-refractivity contribution in [3.63, 3.8) is 0 Å². The van der Waals surface area contributed by atoms with Gasteiger partial charge in [-0.15, -0.1) is 0 Å². The number of carbonyl (C=O) groups is 1. The third-order valence-corrected chi connectivity index (χ3v) is 3.62. The van der Waals surface area contributed by atoms with Gasteiger partial charge in [-0.25, -0.2) is 4.79 Å². The van der Waals surface area contributed by atoms with Crippen molar-refractivity contribution < 1.29 is 4.79 Å². The summed E-state index contributed by atoms with van der Waals surface area (Å²) < 4.78 is 0. The van der Waals surface area contributed by atoms with Crippen LogP contribution in [0.2, 0.25) is 0 Å². The van der Waals surface area contributed by atoms with Crippen LogP contribution in [-0.2, 0) is 0 Å². The molecule has 1 aliphatic carbocycles. The van der Waals surface area contributed by atoms with Crippen LogP contribution in [-0.4, -0.2) is 43.2 Å². The van der Waals surface area contributed by atoms with Crippen LogP contribution in [0.1, 0.15) is 32.1 Å². The number of nitrogens with zero attached hydrogens (tertiary/aromatic N) is 1. The number of nitrogens with one attached hydrogen (secondary N) is 2. The minimum Gasteiger partial charge on any atom is -0.341 e. The number of amides is 2. The predicted octanol–water partition coefficient (Wildman–Crippen LogP) is 0.932. The van der Waals surface area contributed by atoms with Crippen LogP contribution in [0.3, 0.4) is 0 Å². The molecular formula is C11H21N3O. The average molecular weight is 211 g/mol. The highest BCUT2D eigenvalue weighted by Gasteiger charge is 2.30. The fourth-order valence-electron chi connectivity index (χ4n) is 2.76. The SMILES string of the molecule is CNC(=O)N[C@@H]1CCN(C2CCCC2)C1. The normalized spacial score (nSPS) is 28.2. The van der Waals surface area contributed by atoms with Gasteiger partial charge in [0.05, 0.1) is 0 Å². The van der Waals surface area contributed by atoms with Crippen LogP contribution in [0.4, 0.5) is 4.79 Å². The maximum atomic E-state index is 11.2. The second-order valence-corrected chi connectivity index (χ2v) is 4.64. The van der Waals surface area contributed by atoms with Crippen LogP contribution in [0.25, 0.3) is 0 Å². The molecule has 1 saturated carbocycles. The third-order valence-electron chi connectivity index (χ3n) is 3.62. The lowest BCUT2D eigenvalue weighted by Crippen LogP contribution is -2.42. The Balaban J connectivity index is 1.76. The zero-order valence-corrected chi connectivity index (χ0v) is 9.46. The van der Waals surface area contributed by atoms with E-state index in [4.69, 9.17) is 0 Å². The van der Waals surface area contributed by atoms with Crippen molar-refractivity contribution in [3.05, 3.63) is 0 Å². The van der Waals surface area contributed by atoms with Gasteiger partial charge in [0.15, 0.2) is 0 Å². The molecule has 0 aromatic carbocycles. The lowest BCUT2D eigenvalue weighted by molar-refractivity contribution is 0.229. The Morgan fingerprint density at radius 2 is 2.00 bits per heavy atom. The molecule has 1 aliphatic heterocycles. The highest BCUT2D eigenvalue weighted by atomic mass is 16.2. The summed E-state index contributed by atoms with van der Waals surface area (Å²) in [4.78, 5) is 13.7. The van der Waals surface area contributed by atoms with Gasteiger partial charge in [0.1, 0.15) is 0 Å². The molecule has 2 rings (SSSR count). The van der Waals surface area contributed by atoms with Gasteiger partial charge in [-0.1, -0.05) is 12.8 Å². The lowest BCUT2D eigenvalue weighted by atomic mass is 10.2. The van der Waals surface area contributed by atoms with Crippen molar-refractivity contribution in [3.8, 4) is 0 Å². The molecule has 0 bridgehead atoms. The molecule has 2 amide bonds. The van der Waals surface area contributed by atoms with E-state index in [9.17, 15) is 4.79 Å². The molecule has 2 aliphatic rings. The zero-order chi connectivity index (χ0) is 10.7. The van der Waals surface area contributed by atoms with Crippen LogP contribution >= 0.6 is 0 Å². The van der Waals surface area contributed by atoms with Crippen LogP contribution in [0.15, 0.2) is 0 Å². The van der Waals surface area contributed by atoms with Gasteiger partial charge in [-0.2, -0.15) is 0 Å². The summed E-state index contributed by atoms with van der Waals surface area (Å²) in [7, 11) is 1.67. The molecule has 0 radical (unpaired) electrons. The molecule has 4 nitrogen and oxygen atoms in total. The Morgan fingerprint density at radius 1 is 1.27 bits per heavy atom. The summed E-state index contributed by atoms with van der Waals surface area (Å²) in [5, 5.41) is 5.60. The first-order valence-electron chi connectivity index (χ1n) is 6.02. The van der Waals surface area contributed by atoms with Gasteiger partial charge >= 0.3 is 6.03 Å². The Labute approximate surface area is 91.4 Å². The van der Waals surface area contributed by atoms with Crippen molar-refractivity contribution in [1.29, 1.82) is 0 Å². The van der Waals surface area contributed by atoms with Crippen LogP contribution in [0, 0.1) is 0 Å². The summed E-state index contributed by atoms with van der Waals surface area (Å²) >= 11 is 0. The van der Waals surface area contributed by atoms with Crippen molar-refractivity contribution in [2.45, 2.75) is 44.2 Å². The second kappa shape index (κ2) is 4.84. The van der Waals surface area contributed by atoms with Crippen molar-refractivity contribution in [2.75, 3.05) is 20.1 Å². The van der Waals surface area contributed by atoms with Crippen molar-refractivity contribution in [1.82, 2.24) is 15.5 Å². The molecule has 4 heteroatoms. The first-order chi connectivity index (χ1) is 7.29. The fourth-order valence-corrected chi connectivity index (χ4v) is 2.76. The minimum atomic E-state index is -0.0479. The molecule has 0 spiro atoms. The van der Waals surface area contributed by atoms with E-state index in [1.807, 2.05) is 0 Å². The van der Waals surface area contributed by atoms with Crippen molar-refractivity contribution >= 4 is 6.03 Å². The topological polar surface area (TPSA) is 44.4 Å². The Kier molecular flexibility index (Phi) is 3.46. The molecule has 0 aromatic rings. The number of likely N-dealkylation sites (tertiary alicyclic amines) is 1. The monoisotopic (exact) mass is 211 g/mol. The zero-order valence-electron chi connectivity index (χ0n) is 9.46. The molecule has 15 heavy (non-hydrogen) atoms. The predicted molar refractivity (Wildman–Crippen MR) is 59.8 cm³/mol. The number of hydrogen-bond acceptors (Lipinski definition) is 2. The molecule has 1 heterocycles. The quantitative estimate of drug-likeness (QED) is 0.713. The summed E-state index contributed by atoms with van der Waals surface area (Å²) in [5.41, 5.74) is 0. The lowest BCUT2D eigenvalue weighted by Gasteiger charge is -2.23. The molecule has 1 atom stereocenters. The molecule has 1 saturated heterocycles. The highest BCUT2D eigenvalue weighted by Crippen LogP contribution is 2.26. The first kappa shape index (κ1) is 10.7. The number of hydrogen-bond donors (Lipinski definition) is 2. The van der Waals surface area contributed by atoms with Gasteiger partial charge in [0.25, 0.3) is 0 Å². The Morgan fingerprint density at radius 3 is 2.67 bits per heavy atom. The largest absolute Gasteiger partial charge is 0.341 e. The van der Waals surface area contributed by atoms with Crippen molar-refractivity contribution in [2.24, 2.45) is 0 Å². The van der Waals surface area contributed by atoms with Gasteiger partial charge in [-0.05, 0) is 19.3 Å². The summed E-state index contributed by atoms with van der Waals surface area (Å²) in [6, 6.07) is 1.10.